The van der Waals surface area contributed by atoms with Crippen LogP contribution in [0.25, 0.3) is 0 Å². The highest BCUT2D eigenvalue weighted by molar-refractivity contribution is 7.67. The fourth-order valence-corrected chi connectivity index (χ4v) is 4.72. The minimum Gasteiger partial charge on any atom is -0.481 e. The molecular formula is C11H13O2P. The van der Waals surface area contributed by atoms with E-state index in [1.54, 1.807) is 0 Å². The molecule has 1 unspecified atom stereocenters. The van der Waals surface area contributed by atoms with Gasteiger partial charge in [-0.05, 0) is 24.3 Å². The molecule has 14 heavy (non-hydrogen) atoms. The zero-order valence-electron chi connectivity index (χ0n) is 7.89. The van der Waals surface area contributed by atoms with Gasteiger partial charge in [0.1, 0.15) is 0 Å². The largest absolute Gasteiger partial charge is 0.481 e. The standard InChI is InChI=1S/C11H13O2P/c12-11(13)10-7-4-8-14(10)9-5-2-1-3-6-9/h1-3,5-6,10H,4,7-8H2,(H,12,13)/t10-,14?/m0/s1. The van der Waals surface area contributed by atoms with Gasteiger partial charge in [0.2, 0.25) is 0 Å². The molecule has 3 heteroatoms. The Kier molecular flexibility index (Phi) is 2.83. The van der Waals surface area contributed by atoms with E-state index in [9.17, 15) is 4.79 Å². The summed E-state index contributed by atoms with van der Waals surface area (Å²) >= 11 is 0. The van der Waals surface area contributed by atoms with Gasteiger partial charge in [-0.1, -0.05) is 38.3 Å². The summed E-state index contributed by atoms with van der Waals surface area (Å²) in [5, 5.41) is 10.3. The summed E-state index contributed by atoms with van der Waals surface area (Å²) in [5.41, 5.74) is -0.104. The first-order valence-corrected chi connectivity index (χ1v) is 6.43. The smallest absolute Gasteiger partial charge is 0.311 e. The van der Waals surface area contributed by atoms with Gasteiger partial charge in [0.15, 0.2) is 0 Å². The van der Waals surface area contributed by atoms with E-state index in [0.29, 0.717) is 0 Å². The summed E-state index contributed by atoms with van der Waals surface area (Å²) < 4.78 is 0. The molecule has 74 valence electrons. The van der Waals surface area contributed by atoms with Crippen LogP contribution in [0.15, 0.2) is 30.3 Å². The quantitative estimate of drug-likeness (QED) is 0.755. The predicted molar refractivity (Wildman–Crippen MR) is 58.5 cm³/mol. The molecule has 2 atom stereocenters. The van der Waals surface area contributed by atoms with Gasteiger partial charge in [0.05, 0.1) is 5.66 Å². The van der Waals surface area contributed by atoms with Crippen molar-refractivity contribution in [2.45, 2.75) is 18.5 Å². The van der Waals surface area contributed by atoms with E-state index >= 15 is 0 Å². The number of carboxylic acid groups (broad SMARTS) is 1. The molecule has 1 aliphatic heterocycles. The van der Waals surface area contributed by atoms with E-state index < -0.39 is 13.9 Å². The molecule has 1 aliphatic rings. The van der Waals surface area contributed by atoms with Crippen molar-refractivity contribution in [1.82, 2.24) is 0 Å². The van der Waals surface area contributed by atoms with E-state index in [2.05, 4.69) is 12.1 Å². The van der Waals surface area contributed by atoms with Crippen LogP contribution in [0.3, 0.4) is 0 Å². The SMILES string of the molecule is O=C(O)[C@@H]1CCCP1c1ccccc1. The van der Waals surface area contributed by atoms with E-state index in [-0.39, 0.29) is 5.66 Å². The summed E-state index contributed by atoms with van der Waals surface area (Å²) in [6, 6.07) is 10.1. The van der Waals surface area contributed by atoms with E-state index in [1.807, 2.05) is 18.2 Å². The average Bonchev–Trinajstić information content (AvgIpc) is 2.67. The fourth-order valence-electron chi connectivity index (χ4n) is 1.95. The summed E-state index contributed by atoms with van der Waals surface area (Å²) in [6.07, 6.45) is 3.00. The van der Waals surface area contributed by atoms with Crippen molar-refractivity contribution in [2.24, 2.45) is 0 Å². The van der Waals surface area contributed by atoms with E-state index in [1.165, 1.54) is 5.30 Å². The molecule has 2 rings (SSSR count). The first-order valence-electron chi connectivity index (χ1n) is 4.83. The lowest BCUT2D eigenvalue weighted by atomic mass is 10.3. The molecule has 0 spiro atoms. The number of rotatable bonds is 2. The van der Waals surface area contributed by atoms with Crippen LogP contribution in [-0.4, -0.2) is 22.9 Å². The van der Waals surface area contributed by atoms with Gasteiger partial charge in [-0.2, -0.15) is 0 Å². The molecule has 1 aromatic carbocycles. The molecule has 0 radical (unpaired) electrons. The van der Waals surface area contributed by atoms with Gasteiger partial charge in [0.25, 0.3) is 0 Å². The third kappa shape index (κ3) is 1.80. The van der Waals surface area contributed by atoms with Gasteiger partial charge >= 0.3 is 5.97 Å². The highest BCUT2D eigenvalue weighted by Crippen LogP contribution is 2.48. The lowest BCUT2D eigenvalue weighted by Gasteiger charge is -2.16. The number of aliphatic carboxylic acids is 1. The number of hydrogen-bond donors (Lipinski definition) is 1. The van der Waals surface area contributed by atoms with Crippen LogP contribution in [0.2, 0.25) is 0 Å². The van der Waals surface area contributed by atoms with Gasteiger partial charge < -0.3 is 5.11 Å². The number of carbonyl (C=O) groups is 1. The number of carboxylic acids is 1. The summed E-state index contributed by atoms with van der Waals surface area (Å²) in [6.45, 7) is 0. The van der Waals surface area contributed by atoms with Crippen LogP contribution in [0.4, 0.5) is 0 Å². The minimum atomic E-state index is -0.613. The Hall–Kier alpha value is -0.880. The molecule has 2 nitrogen and oxygen atoms in total. The zero-order valence-corrected chi connectivity index (χ0v) is 8.78. The second-order valence-electron chi connectivity index (χ2n) is 3.53. The Balaban J connectivity index is 2.22. The van der Waals surface area contributed by atoms with Gasteiger partial charge in [0, 0.05) is 0 Å². The molecule has 1 saturated heterocycles. The van der Waals surface area contributed by atoms with E-state index in [4.69, 9.17) is 5.11 Å². The molecule has 0 bridgehead atoms. The van der Waals surface area contributed by atoms with Gasteiger partial charge in [-0.15, -0.1) is 0 Å². The molecule has 0 saturated carbocycles. The summed E-state index contributed by atoms with van der Waals surface area (Å²) in [7, 11) is -0.443. The molecule has 0 aromatic heterocycles. The molecule has 1 fully saturated rings. The third-order valence-corrected chi connectivity index (χ3v) is 5.62. The Labute approximate surface area is 84.7 Å². The highest BCUT2D eigenvalue weighted by atomic mass is 31.1. The monoisotopic (exact) mass is 208 g/mol. The Bertz CT molecular complexity index is 323. The highest BCUT2D eigenvalue weighted by Gasteiger charge is 2.33. The van der Waals surface area contributed by atoms with Gasteiger partial charge in [-0.25, -0.2) is 0 Å². The van der Waals surface area contributed by atoms with Gasteiger partial charge in [-0.3, -0.25) is 4.79 Å². The van der Waals surface area contributed by atoms with Crippen molar-refractivity contribution in [1.29, 1.82) is 0 Å². The second kappa shape index (κ2) is 4.10. The van der Waals surface area contributed by atoms with Crippen molar-refractivity contribution < 1.29 is 9.90 Å². The van der Waals surface area contributed by atoms with Crippen molar-refractivity contribution in [3.05, 3.63) is 30.3 Å². The van der Waals surface area contributed by atoms with Crippen LogP contribution in [0.5, 0.6) is 0 Å². The molecule has 0 amide bonds. The van der Waals surface area contributed by atoms with Crippen LogP contribution in [-0.2, 0) is 4.79 Å². The summed E-state index contributed by atoms with van der Waals surface area (Å²) in [4.78, 5) is 11.0. The Morgan fingerprint density at radius 1 is 1.36 bits per heavy atom. The zero-order chi connectivity index (χ0) is 9.97. The molecule has 0 aliphatic carbocycles. The maximum atomic E-state index is 11.0. The van der Waals surface area contributed by atoms with E-state index in [0.717, 1.165) is 19.0 Å². The average molecular weight is 208 g/mol. The van der Waals surface area contributed by atoms with Crippen LogP contribution >= 0.6 is 7.92 Å². The summed E-state index contributed by atoms with van der Waals surface area (Å²) in [5.74, 6) is -0.613. The van der Waals surface area contributed by atoms with Crippen LogP contribution in [0, 0.1) is 0 Å². The first-order chi connectivity index (χ1) is 6.79. The second-order valence-corrected chi connectivity index (χ2v) is 6.05. The molecule has 1 heterocycles. The number of benzene rings is 1. The Morgan fingerprint density at radius 2 is 2.07 bits per heavy atom. The fraction of sp³-hybridized carbons (Fsp3) is 0.364. The molecule has 1 aromatic rings. The Morgan fingerprint density at radius 3 is 2.71 bits per heavy atom. The molecule has 1 N–H and O–H groups in total. The van der Waals surface area contributed by atoms with Crippen LogP contribution in [0.1, 0.15) is 12.8 Å². The normalized spacial score (nSPS) is 26.3. The first kappa shape index (κ1) is 9.67. The maximum Gasteiger partial charge on any atom is 0.311 e. The number of hydrogen-bond acceptors (Lipinski definition) is 1. The maximum absolute atomic E-state index is 11.0. The van der Waals surface area contributed by atoms with Crippen molar-refractivity contribution in [2.75, 3.05) is 6.16 Å². The third-order valence-electron chi connectivity index (χ3n) is 2.63. The van der Waals surface area contributed by atoms with Crippen molar-refractivity contribution in [3.63, 3.8) is 0 Å². The van der Waals surface area contributed by atoms with Crippen LogP contribution < -0.4 is 5.30 Å². The van der Waals surface area contributed by atoms with Crippen molar-refractivity contribution >= 4 is 19.2 Å². The lowest BCUT2D eigenvalue weighted by Crippen LogP contribution is -2.19. The lowest BCUT2D eigenvalue weighted by molar-refractivity contribution is -0.136. The minimum absolute atomic E-state index is 0.104. The van der Waals surface area contributed by atoms with Crippen molar-refractivity contribution in [3.8, 4) is 0 Å². The predicted octanol–water partition coefficient (Wildman–Crippen LogP) is 2.04. The molecular weight excluding hydrogens is 195 g/mol. The topological polar surface area (TPSA) is 37.3 Å².